The fraction of sp³-hybridized carbons (Fsp3) is 0.300. The predicted octanol–water partition coefficient (Wildman–Crippen LogP) is 1.87. The second-order valence-electron chi connectivity index (χ2n) is 3.58. The first-order valence-corrected chi connectivity index (χ1v) is 4.82. The second kappa shape index (κ2) is 5.24. The Bertz CT molecular complexity index is 450. The van der Waals surface area contributed by atoms with Crippen molar-refractivity contribution in [3.05, 3.63) is 34.1 Å². The Morgan fingerprint density at radius 1 is 1.59 bits per heavy atom. The number of aliphatic carboxylic acids is 1. The third kappa shape index (κ3) is 3.71. The molecule has 7 heteroatoms. The van der Waals surface area contributed by atoms with Crippen LogP contribution < -0.4 is 5.32 Å². The fourth-order valence-electron chi connectivity index (χ4n) is 1.14. The zero-order chi connectivity index (χ0) is 13.0. The summed E-state index contributed by atoms with van der Waals surface area (Å²) in [7, 11) is 0. The lowest BCUT2D eigenvalue weighted by molar-refractivity contribution is -0.385. The lowest BCUT2D eigenvalue weighted by Gasteiger charge is -2.09. The molecule has 0 spiro atoms. The highest BCUT2D eigenvalue weighted by Crippen LogP contribution is 2.20. The number of nitrogens with one attached hydrogen (secondary N) is 1. The van der Waals surface area contributed by atoms with E-state index in [1.54, 1.807) is 0 Å². The van der Waals surface area contributed by atoms with Crippen LogP contribution in [0.15, 0.2) is 18.2 Å². The Balaban J connectivity index is 2.78. The van der Waals surface area contributed by atoms with Crippen LogP contribution in [0.4, 0.5) is 15.8 Å². The minimum Gasteiger partial charge on any atom is -0.481 e. The Labute approximate surface area is 96.2 Å². The van der Waals surface area contributed by atoms with E-state index in [0.29, 0.717) is 0 Å². The number of hydrogen-bond donors (Lipinski definition) is 2. The van der Waals surface area contributed by atoms with Crippen LogP contribution in [0, 0.1) is 21.8 Å². The highest BCUT2D eigenvalue weighted by atomic mass is 19.1. The van der Waals surface area contributed by atoms with E-state index in [1.807, 2.05) is 0 Å². The maximum absolute atomic E-state index is 13.0. The van der Waals surface area contributed by atoms with E-state index in [-0.39, 0.29) is 17.9 Å². The monoisotopic (exact) mass is 242 g/mol. The van der Waals surface area contributed by atoms with Crippen LogP contribution in [0.1, 0.15) is 6.92 Å². The number of rotatable bonds is 5. The summed E-state index contributed by atoms with van der Waals surface area (Å²) < 4.78 is 13.0. The number of carboxylic acids is 1. The van der Waals surface area contributed by atoms with Crippen molar-refractivity contribution in [1.29, 1.82) is 0 Å². The number of halogens is 1. The van der Waals surface area contributed by atoms with Crippen molar-refractivity contribution in [2.24, 2.45) is 5.92 Å². The van der Waals surface area contributed by atoms with Crippen molar-refractivity contribution in [2.75, 3.05) is 11.9 Å². The minimum absolute atomic E-state index is 0.0654. The fourth-order valence-corrected chi connectivity index (χ4v) is 1.14. The van der Waals surface area contributed by atoms with Crippen LogP contribution in [0.25, 0.3) is 0 Å². The molecule has 0 saturated heterocycles. The normalized spacial score (nSPS) is 11.9. The molecule has 0 aromatic heterocycles. The van der Waals surface area contributed by atoms with E-state index in [9.17, 15) is 19.3 Å². The Hall–Kier alpha value is -2.18. The number of benzene rings is 1. The topological polar surface area (TPSA) is 92.5 Å². The summed E-state index contributed by atoms with van der Waals surface area (Å²) in [6.07, 6.45) is 0. The highest BCUT2D eigenvalue weighted by Gasteiger charge is 2.13. The van der Waals surface area contributed by atoms with E-state index in [2.05, 4.69) is 5.32 Å². The lowest BCUT2D eigenvalue weighted by Crippen LogP contribution is -2.19. The van der Waals surface area contributed by atoms with Gasteiger partial charge in [-0.25, -0.2) is 4.39 Å². The molecule has 1 atom stereocenters. The van der Waals surface area contributed by atoms with Crippen molar-refractivity contribution >= 4 is 17.3 Å². The first-order valence-electron chi connectivity index (χ1n) is 4.82. The molecule has 0 aliphatic carbocycles. The van der Waals surface area contributed by atoms with Gasteiger partial charge in [-0.15, -0.1) is 0 Å². The quantitative estimate of drug-likeness (QED) is 0.607. The number of hydrogen-bond acceptors (Lipinski definition) is 4. The number of nitro groups is 1. The zero-order valence-corrected chi connectivity index (χ0v) is 9.01. The molecule has 1 aromatic rings. The molecule has 0 aliphatic heterocycles. The summed E-state index contributed by atoms with van der Waals surface area (Å²) in [5.74, 6) is -2.41. The summed E-state index contributed by atoms with van der Waals surface area (Å²) in [5, 5.41) is 21.7. The average molecular weight is 242 g/mol. The Morgan fingerprint density at radius 2 is 2.24 bits per heavy atom. The summed E-state index contributed by atoms with van der Waals surface area (Å²) >= 11 is 0. The number of nitrogens with zero attached hydrogens (tertiary/aromatic N) is 1. The Kier molecular flexibility index (Phi) is 3.97. The third-order valence-electron chi connectivity index (χ3n) is 2.13. The summed E-state index contributed by atoms with van der Waals surface area (Å²) in [6, 6.07) is 3.02. The molecule has 0 aliphatic rings. The van der Waals surface area contributed by atoms with E-state index in [0.717, 1.165) is 18.2 Å². The predicted molar refractivity (Wildman–Crippen MR) is 58.3 cm³/mol. The molecule has 17 heavy (non-hydrogen) atoms. The molecule has 1 rings (SSSR count). The Morgan fingerprint density at radius 3 is 2.76 bits per heavy atom. The number of nitro benzene ring substituents is 1. The summed E-state index contributed by atoms with van der Waals surface area (Å²) in [4.78, 5) is 20.3. The number of non-ortho nitro benzene ring substituents is 1. The molecule has 0 heterocycles. The van der Waals surface area contributed by atoms with Gasteiger partial charge in [0.05, 0.1) is 16.9 Å². The van der Waals surface area contributed by atoms with Crippen LogP contribution in [0.5, 0.6) is 0 Å². The molecular formula is C10H11FN2O4. The number of carbonyl (C=O) groups is 1. The van der Waals surface area contributed by atoms with Crippen LogP contribution >= 0.6 is 0 Å². The van der Waals surface area contributed by atoms with Gasteiger partial charge < -0.3 is 10.4 Å². The number of carboxylic acid groups (broad SMARTS) is 1. The van der Waals surface area contributed by atoms with Gasteiger partial charge in [0.25, 0.3) is 5.69 Å². The largest absolute Gasteiger partial charge is 0.481 e. The van der Waals surface area contributed by atoms with Crippen molar-refractivity contribution < 1.29 is 19.2 Å². The highest BCUT2D eigenvalue weighted by molar-refractivity contribution is 5.70. The molecule has 0 bridgehead atoms. The zero-order valence-electron chi connectivity index (χ0n) is 9.01. The third-order valence-corrected chi connectivity index (χ3v) is 2.13. The van der Waals surface area contributed by atoms with Crippen LogP contribution in [-0.4, -0.2) is 22.5 Å². The van der Waals surface area contributed by atoms with Crippen LogP contribution in [0.2, 0.25) is 0 Å². The number of anilines is 1. The van der Waals surface area contributed by atoms with Crippen molar-refractivity contribution in [3.63, 3.8) is 0 Å². The van der Waals surface area contributed by atoms with E-state index < -0.39 is 22.6 Å². The van der Waals surface area contributed by atoms with Gasteiger partial charge >= 0.3 is 5.97 Å². The molecule has 0 fully saturated rings. The first-order chi connectivity index (χ1) is 7.90. The van der Waals surface area contributed by atoms with Gasteiger partial charge in [-0.05, 0) is 6.07 Å². The van der Waals surface area contributed by atoms with E-state index in [1.165, 1.54) is 6.92 Å². The van der Waals surface area contributed by atoms with E-state index >= 15 is 0 Å². The van der Waals surface area contributed by atoms with Gasteiger partial charge in [0, 0.05) is 18.3 Å². The molecule has 92 valence electrons. The molecule has 2 N–H and O–H groups in total. The molecular weight excluding hydrogens is 231 g/mol. The maximum atomic E-state index is 13.0. The van der Waals surface area contributed by atoms with Crippen LogP contribution in [-0.2, 0) is 4.79 Å². The maximum Gasteiger partial charge on any atom is 0.308 e. The van der Waals surface area contributed by atoms with Gasteiger partial charge in [0.1, 0.15) is 5.82 Å². The molecule has 0 radical (unpaired) electrons. The first kappa shape index (κ1) is 12.9. The van der Waals surface area contributed by atoms with Gasteiger partial charge in [0.15, 0.2) is 0 Å². The van der Waals surface area contributed by atoms with Crippen LogP contribution in [0.3, 0.4) is 0 Å². The van der Waals surface area contributed by atoms with Crippen molar-refractivity contribution in [2.45, 2.75) is 6.92 Å². The minimum atomic E-state index is -0.997. The molecule has 1 aromatic carbocycles. The van der Waals surface area contributed by atoms with Gasteiger partial charge in [-0.2, -0.15) is 0 Å². The average Bonchev–Trinajstić information content (AvgIpc) is 2.24. The summed E-state index contributed by atoms with van der Waals surface area (Å²) in [6.45, 7) is 1.54. The SMILES string of the molecule is CC(CNc1cc(F)cc([N+](=O)[O-])c1)C(=O)O. The second-order valence-corrected chi connectivity index (χ2v) is 3.58. The van der Waals surface area contributed by atoms with E-state index in [4.69, 9.17) is 5.11 Å². The van der Waals surface area contributed by atoms with Crippen molar-refractivity contribution in [3.8, 4) is 0 Å². The molecule has 0 saturated carbocycles. The van der Waals surface area contributed by atoms with Gasteiger partial charge in [-0.3, -0.25) is 14.9 Å². The standard InChI is InChI=1S/C10H11FN2O4/c1-6(10(14)15)5-12-8-2-7(11)3-9(4-8)13(16)17/h2-4,6,12H,5H2,1H3,(H,14,15). The van der Waals surface area contributed by atoms with Gasteiger partial charge in [0.2, 0.25) is 0 Å². The smallest absolute Gasteiger partial charge is 0.308 e. The van der Waals surface area contributed by atoms with Gasteiger partial charge in [-0.1, -0.05) is 6.92 Å². The molecule has 1 unspecified atom stereocenters. The lowest BCUT2D eigenvalue weighted by atomic mass is 10.2. The van der Waals surface area contributed by atoms with Crippen molar-refractivity contribution in [1.82, 2.24) is 0 Å². The molecule has 6 nitrogen and oxygen atoms in total. The molecule has 0 amide bonds. The summed E-state index contributed by atoms with van der Waals surface area (Å²) in [5.41, 5.74) is -0.194.